The van der Waals surface area contributed by atoms with Crippen LogP contribution in [0, 0.1) is 0 Å². The minimum atomic E-state index is -0.536. The maximum atomic E-state index is 13.2. The fourth-order valence-electron chi connectivity index (χ4n) is 3.94. The lowest BCUT2D eigenvalue weighted by Gasteiger charge is -2.29. The lowest BCUT2D eigenvalue weighted by molar-refractivity contribution is -0.139. The molecule has 1 atom stereocenters. The zero-order chi connectivity index (χ0) is 25.5. The smallest absolute Gasteiger partial charge is 0.338 e. The van der Waals surface area contributed by atoms with E-state index in [1.807, 2.05) is 62.4 Å². The molecule has 0 saturated heterocycles. The molecule has 9 heteroatoms. The number of carbonyl (C=O) groups is 1. The van der Waals surface area contributed by atoms with E-state index in [9.17, 15) is 4.79 Å². The number of nitrogens with zero attached hydrogens (tertiary/aromatic N) is 3. The summed E-state index contributed by atoms with van der Waals surface area (Å²) in [5, 5.41) is 9.36. The highest BCUT2D eigenvalue weighted by Gasteiger charge is 2.36. The second-order valence-corrected chi connectivity index (χ2v) is 9.83. The molecule has 0 radical (unpaired) electrons. The van der Waals surface area contributed by atoms with E-state index in [0.717, 1.165) is 36.1 Å². The maximum absolute atomic E-state index is 13.2. The van der Waals surface area contributed by atoms with Gasteiger partial charge in [0.25, 0.3) is 0 Å². The Morgan fingerprint density at radius 2 is 1.89 bits per heavy atom. The summed E-state index contributed by atoms with van der Waals surface area (Å²) in [5.41, 5.74) is 3.03. The molecule has 7 nitrogen and oxygen atoms in total. The van der Waals surface area contributed by atoms with Crippen LogP contribution in [0.5, 0.6) is 5.75 Å². The first-order valence-corrected chi connectivity index (χ1v) is 13.6. The number of ether oxygens (including phenoxy) is 2. The van der Waals surface area contributed by atoms with Crippen molar-refractivity contribution in [3.63, 3.8) is 0 Å². The van der Waals surface area contributed by atoms with Crippen LogP contribution in [-0.2, 0) is 15.3 Å². The summed E-state index contributed by atoms with van der Waals surface area (Å²) in [7, 11) is 0. The predicted molar refractivity (Wildman–Crippen MR) is 144 cm³/mol. The molecular formula is C27H31ClN4O3S. The van der Waals surface area contributed by atoms with Crippen LogP contribution in [0.25, 0.3) is 0 Å². The molecule has 3 aromatic rings. The van der Waals surface area contributed by atoms with Gasteiger partial charge in [0.1, 0.15) is 11.8 Å². The Morgan fingerprint density at radius 1 is 1.11 bits per heavy atom. The topological polar surface area (TPSA) is 78.3 Å². The number of anilines is 1. The largest absolute Gasteiger partial charge is 0.493 e. The van der Waals surface area contributed by atoms with Gasteiger partial charge in [0.15, 0.2) is 0 Å². The number of unbranched alkanes of at least 4 members (excludes halogenated alkanes) is 1. The fraction of sp³-hybridized carbons (Fsp3) is 0.370. The lowest BCUT2D eigenvalue weighted by atomic mass is 9.95. The minimum absolute atomic E-state index is 0.347. The van der Waals surface area contributed by atoms with Gasteiger partial charge in [0.05, 0.1) is 18.8 Å². The first-order valence-electron chi connectivity index (χ1n) is 12.2. The number of benzene rings is 2. The van der Waals surface area contributed by atoms with E-state index in [2.05, 4.69) is 12.2 Å². The zero-order valence-electron chi connectivity index (χ0n) is 20.8. The molecule has 2 heterocycles. The summed E-state index contributed by atoms with van der Waals surface area (Å²) < 4.78 is 13.5. The van der Waals surface area contributed by atoms with Gasteiger partial charge in [-0.1, -0.05) is 80.0 Å². The molecule has 36 heavy (non-hydrogen) atoms. The number of para-hydroxylation sites is 1. The summed E-state index contributed by atoms with van der Waals surface area (Å²) in [6, 6.07) is 15.0. The van der Waals surface area contributed by atoms with Crippen LogP contribution in [0.1, 0.15) is 57.2 Å². The van der Waals surface area contributed by atoms with Crippen molar-refractivity contribution in [1.82, 2.24) is 14.8 Å². The fourth-order valence-corrected chi connectivity index (χ4v) is 5.05. The van der Waals surface area contributed by atoms with Crippen molar-refractivity contribution in [3.8, 4) is 5.75 Å². The quantitative estimate of drug-likeness (QED) is 0.170. The molecule has 0 aliphatic carbocycles. The molecule has 0 bridgehead atoms. The normalized spacial score (nSPS) is 14.8. The van der Waals surface area contributed by atoms with Crippen LogP contribution in [0.15, 0.2) is 65.0 Å². The first-order chi connectivity index (χ1) is 17.5. The van der Waals surface area contributed by atoms with Crippen LogP contribution in [0.2, 0.25) is 5.02 Å². The number of aromatic nitrogens is 3. The van der Waals surface area contributed by atoms with Gasteiger partial charge >= 0.3 is 5.97 Å². The van der Waals surface area contributed by atoms with Crippen LogP contribution in [-0.4, -0.2) is 33.9 Å². The van der Waals surface area contributed by atoms with Crippen molar-refractivity contribution in [3.05, 3.63) is 76.0 Å². The van der Waals surface area contributed by atoms with Crippen molar-refractivity contribution in [1.29, 1.82) is 0 Å². The third kappa shape index (κ3) is 5.87. The van der Waals surface area contributed by atoms with Gasteiger partial charge in [-0.2, -0.15) is 4.98 Å². The molecule has 1 aliphatic rings. The molecule has 0 saturated carbocycles. The Bertz CT molecular complexity index is 1240. The third-order valence-electron chi connectivity index (χ3n) is 5.77. The minimum Gasteiger partial charge on any atom is -0.493 e. The first kappa shape index (κ1) is 26.1. The number of fused-ring (bicyclic) bond motifs is 1. The average Bonchev–Trinajstić information content (AvgIpc) is 3.29. The van der Waals surface area contributed by atoms with E-state index in [1.165, 1.54) is 11.8 Å². The highest BCUT2D eigenvalue weighted by molar-refractivity contribution is 7.98. The van der Waals surface area contributed by atoms with Gasteiger partial charge in [-0.05, 0) is 37.5 Å². The Morgan fingerprint density at radius 3 is 2.67 bits per heavy atom. The highest BCUT2D eigenvalue weighted by atomic mass is 35.5. The number of nitrogens with one attached hydrogen (secondary N) is 1. The maximum Gasteiger partial charge on any atom is 0.338 e. The molecule has 4 rings (SSSR count). The van der Waals surface area contributed by atoms with E-state index in [0.29, 0.717) is 46.4 Å². The van der Waals surface area contributed by atoms with Crippen molar-refractivity contribution in [2.75, 3.05) is 18.5 Å². The molecule has 2 aromatic carbocycles. The number of carbonyl (C=O) groups excluding carboxylic acids is 1. The molecule has 0 fully saturated rings. The number of hydrogen-bond donors (Lipinski definition) is 1. The average molecular weight is 527 g/mol. The van der Waals surface area contributed by atoms with Crippen LogP contribution in [0.4, 0.5) is 5.95 Å². The molecule has 1 aliphatic heterocycles. The summed E-state index contributed by atoms with van der Waals surface area (Å²) in [6.07, 6.45) is 2.71. The molecule has 0 spiro atoms. The Hall–Kier alpha value is -2.97. The number of halogens is 1. The molecular weight excluding hydrogens is 496 g/mol. The van der Waals surface area contributed by atoms with Crippen molar-refractivity contribution in [2.24, 2.45) is 0 Å². The van der Waals surface area contributed by atoms with Crippen LogP contribution >= 0.6 is 23.4 Å². The van der Waals surface area contributed by atoms with Crippen molar-refractivity contribution in [2.45, 2.75) is 57.0 Å². The van der Waals surface area contributed by atoms with Gasteiger partial charge in [0, 0.05) is 22.0 Å². The summed E-state index contributed by atoms with van der Waals surface area (Å²) >= 11 is 7.83. The van der Waals surface area contributed by atoms with Gasteiger partial charge in [-0.15, -0.1) is 5.10 Å². The molecule has 1 N–H and O–H groups in total. The van der Waals surface area contributed by atoms with Gasteiger partial charge in [-0.3, -0.25) is 0 Å². The number of allylic oxidation sites excluding steroid dienone is 1. The van der Waals surface area contributed by atoms with Crippen LogP contribution < -0.4 is 10.1 Å². The lowest BCUT2D eigenvalue weighted by Crippen LogP contribution is -2.30. The van der Waals surface area contributed by atoms with E-state index in [-0.39, 0.29) is 5.97 Å². The SMILES string of the molecule is CCCCOc1ccccc1C1C(C(=O)OCCC)=C(C)Nc2nc(SCc3ccccc3Cl)nn21. The summed E-state index contributed by atoms with van der Waals surface area (Å²) in [5.74, 6) is 1.54. The molecule has 1 unspecified atom stereocenters. The Balaban J connectivity index is 1.71. The number of hydrogen-bond acceptors (Lipinski definition) is 7. The zero-order valence-corrected chi connectivity index (χ0v) is 22.4. The van der Waals surface area contributed by atoms with Gasteiger partial charge < -0.3 is 14.8 Å². The second-order valence-electron chi connectivity index (χ2n) is 8.48. The highest BCUT2D eigenvalue weighted by Crippen LogP contribution is 2.40. The standard InChI is InChI=1S/C27H31ClN4O3S/c1-4-6-16-34-22-14-10-8-12-20(22)24-23(25(33)35-15-5-2)18(3)29-26-30-27(31-32(24)26)36-17-19-11-7-9-13-21(19)28/h7-14,24H,4-6,15-17H2,1-3H3,(H,29,30,31). The molecule has 0 amide bonds. The van der Waals surface area contributed by atoms with E-state index < -0.39 is 6.04 Å². The molecule has 190 valence electrons. The van der Waals surface area contributed by atoms with E-state index in [4.69, 9.17) is 31.2 Å². The number of esters is 1. The Labute approximate surface area is 221 Å². The van der Waals surface area contributed by atoms with Gasteiger partial charge in [0.2, 0.25) is 11.1 Å². The second kappa shape index (κ2) is 12.3. The van der Waals surface area contributed by atoms with Crippen molar-refractivity contribution >= 4 is 35.3 Å². The third-order valence-corrected chi connectivity index (χ3v) is 7.03. The van der Waals surface area contributed by atoms with Crippen LogP contribution in [0.3, 0.4) is 0 Å². The monoisotopic (exact) mass is 526 g/mol. The molecule has 1 aromatic heterocycles. The predicted octanol–water partition coefficient (Wildman–Crippen LogP) is 6.64. The summed E-state index contributed by atoms with van der Waals surface area (Å²) in [6.45, 7) is 6.91. The summed E-state index contributed by atoms with van der Waals surface area (Å²) in [4.78, 5) is 18.0. The number of rotatable bonds is 11. The Kier molecular flexibility index (Phi) is 8.93. The van der Waals surface area contributed by atoms with Gasteiger partial charge in [-0.25, -0.2) is 9.48 Å². The van der Waals surface area contributed by atoms with E-state index >= 15 is 0 Å². The van der Waals surface area contributed by atoms with E-state index in [1.54, 1.807) is 4.68 Å². The van der Waals surface area contributed by atoms with Crippen molar-refractivity contribution < 1.29 is 14.3 Å². The number of thioether (sulfide) groups is 1.